The highest BCUT2D eigenvalue weighted by molar-refractivity contribution is 5.54. The lowest BCUT2D eigenvalue weighted by Gasteiger charge is -2.28. The third-order valence-electron chi connectivity index (χ3n) is 12.4. The van der Waals surface area contributed by atoms with Gasteiger partial charge in [-0.15, -0.1) is 0 Å². The topological polar surface area (TPSA) is 0 Å². The minimum absolute atomic E-state index is 0.118. The Kier molecular flexibility index (Phi) is 15.2. The monoisotopic (exact) mass is 733 g/mol. The van der Waals surface area contributed by atoms with Crippen LogP contribution in [0.3, 0.4) is 0 Å². The summed E-state index contributed by atoms with van der Waals surface area (Å²) in [6.45, 7) is 23.6. The molecular weight excluding hydrogens is 661 g/mol. The second-order valence-electron chi connectivity index (χ2n) is 17.8. The van der Waals surface area contributed by atoms with Crippen molar-refractivity contribution in [3.8, 4) is 0 Å². The molecule has 0 amide bonds. The summed E-state index contributed by atoms with van der Waals surface area (Å²) in [6, 6.07) is 37.2. The quantitative estimate of drug-likeness (QED) is 0.0841. The molecule has 0 heteroatoms. The molecule has 0 saturated carbocycles. The number of benzene rings is 5. The van der Waals surface area contributed by atoms with Crippen molar-refractivity contribution >= 4 is 0 Å². The van der Waals surface area contributed by atoms with E-state index in [1.807, 2.05) is 0 Å². The van der Waals surface area contributed by atoms with Crippen LogP contribution < -0.4 is 0 Å². The average molecular weight is 733 g/mol. The number of hydrogen-bond donors (Lipinski definition) is 0. The zero-order valence-electron chi connectivity index (χ0n) is 36.4. The van der Waals surface area contributed by atoms with Gasteiger partial charge in [0.1, 0.15) is 0 Å². The Bertz CT molecular complexity index is 1960. The molecule has 0 heterocycles. The number of aryl methyl sites for hydroxylation is 5. The largest absolute Gasteiger partial charge is 0.0648 e. The molecule has 0 saturated heterocycles. The maximum atomic E-state index is 2.44. The molecule has 0 aromatic heterocycles. The Labute approximate surface area is 337 Å². The molecule has 1 unspecified atom stereocenters. The molecule has 0 fully saturated rings. The Morgan fingerprint density at radius 3 is 1.47 bits per heavy atom. The zero-order valence-corrected chi connectivity index (χ0v) is 36.4. The fourth-order valence-corrected chi connectivity index (χ4v) is 9.33. The van der Waals surface area contributed by atoms with Crippen LogP contribution in [-0.4, -0.2) is 0 Å². The van der Waals surface area contributed by atoms with E-state index in [-0.39, 0.29) is 5.41 Å². The first-order valence-corrected chi connectivity index (χ1v) is 21.9. The summed E-state index contributed by atoms with van der Waals surface area (Å²) in [5.74, 6) is 1.23. The van der Waals surface area contributed by atoms with Gasteiger partial charge in [-0.2, -0.15) is 0 Å². The number of hydrogen-bond acceptors (Lipinski definition) is 0. The summed E-state index contributed by atoms with van der Waals surface area (Å²) in [5.41, 5.74) is 22.0. The normalized spacial score (nSPS) is 12.4. The van der Waals surface area contributed by atoms with Crippen LogP contribution in [0.15, 0.2) is 97.1 Å². The molecular formula is C55H72. The SMILES string of the molecule is CCc1c(CCc2ccccc2CC(C)C)c(CC)c(CCc2ccccc2C(C)(C)C)c(CCc2ccccc2C(C)CC)c1CCc1ccc(C)cc1. The van der Waals surface area contributed by atoms with Crippen molar-refractivity contribution in [2.45, 2.75) is 158 Å². The fourth-order valence-electron chi connectivity index (χ4n) is 9.33. The molecule has 5 aromatic carbocycles. The van der Waals surface area contributed by atoms with E-state index in [0.29, 0.717) is 11.8 Å². The molecule has 0 spiro atoms. The first-order chi connectivity index (χ1) is 26.4. The van der Waals surface area contributed by atoms with E-state index in [4.69, 9.17) is 0 Å². The average Bonchev–Trinajstić information content (AvgIpc) is 3.18. The summed E-state index contributed by atoms with van der Waals surface area (Å²) in [6.07, 6.45) is 13.3. The lowest BCUT2D eigenvalue weighted by Crippen LogP contribution is -2.18. The second kappa shape index (κ2) is 19.8. The van der Waals surface area contributed by atoms with Crippen molar-refractivity contribution in [1.29, 1.82) is 0 Å². The van der Waals surface area contributed by atoms with Gasteiger partial charge in [0, 0.05) is 0 Å². The Balaban J connectivity index is 1.69. The van der Waals surface area contributed by atoms with Crippen molar-refractivity contribution in [3.63, 3.8) is 0 Å². The van der Waals surface area contributed by atoms with Crippen molar-refractivity contribution in [3.05, 3.63) is 175 Å². The molecule has 5 aromatic rings. The predicted molar refractivity (Wildman–Crippen MR) is 241 cm³/mol. The third-order valence-corrected chi connectivity index (χ3v) is 12.4. The summed E-state index contributed by atoms with van der Waals surface area (Å²) < 4.78 is 0. The van der Waals surface area contributed by atoms with Crippen molar-refractivity contribution in [1.82, 2.24) is 0 Å². The van der Waals surface area contributed by atoms with Gasteiger partial charge < -0.3 is 0 Å². The summed E-state index contributed by atoms with van der Waals surface area (Å²) in [7, 11) is 0. The van der Waals surface area contributed by atoms with Crippen molar-refractivity contribution in [2.75, 3.05) is 0 Å². The van der Waals surface area contributed by atoms with Gasteiger partial charge in [0.15, 0.2) is 0 Å². The van der Waals surface area contributed by atoms with E-state index in [1.54, 1.807) is 33.4 Å². The highest BCUT2D eigenvalue weighted by Gasteiger charge is 2.24. The van der Waals surface area contributed by atoms with Crippen LogP contribution in [0.25, 0.3) is 0 Å². The highest BCUT2D eigenvalue weighted by atomic mass is 14.3. The molecule has 0 nitrogen and oxygen atoms in total. The third kappa shape index (κ3) is 10.9. The van der Waals surface area contributed by atoms with E-state index < -0.39 is 0 Å². The second-order valence-corrected chi connectivity index (χ2v) is 17.8. The maximum Gasteiger partial charge on any atom is -0.0129 e. The molecule has 1 atom stereocenters. The number of rotatable bonds is 18. The molecule has 0 N–H and O–H groups in total. The Morgan fingerprint density at radius 1 is 0.455 bits per heavy atom. The van der Waals surface area contributed by atoms with E-state index >= 15 is 0 Å². The van der Waals surface area contributed by atoms with E-state index in [9.17, 15) is 0 Å². The van der Waals surface area contributed by atoms with Gasteiger partial charge in [-0.3, -0.25) is 0 Å². The van der Waals surface area contributed by atoms with Crippen molar-refractivity contribution in [2.24, 2.45) is 5.92 Å². The molecule has 55 heavy (non-hydrogen) atoms. The lowest BCUT2D eigenvalue weighted by atomic mass is 9.76. The van der Waals surface area contributed by atoms with Crippen LogP contribution in [0.1, 0.15) is 153 Å². The lowest BCUT2D eigenvalue weighted by molar-refractivity contribution is 0.581. The van der Waals surface area contributed by atoms with Crippen LogP contribution in [0, 0.1) is 12.8 Å². The van der Waals surface area contributed by atoms with Gasteiger partial charge in [0.25, 0.3) is 0 Å². The molecule has 0 aliphatic rings. The first kappa shape index (κ1) is 42.2. The smallest absolute Gasteiger partial charge is 0.0129 e. The Morgan fingerprint density at radius 2 is 0.909 bits per heavy atom. The zero-order chi connectivity index (χ0) is 39.5. The molecule has 0 aliphatic heterocycles. The molecule has 0 aliphatic carbocycles. The highest BCUT2D eigenvalue weighted by Crippen LogP contribution is 2.36. The van der Waals surface area contributed by atoms with Gasteiger partial charge in [-0.25, -0.2) is 0 Å². The summed E-state index contributed by atoms with van der Waals surface area (Å²) in [5, 5.41) is 0. The van der Waals surface area contributed by atoms with Crippen LogP contribution in [0.5, 0.6) is 0 Å². The van der Waals surface area contributed by atoms with Crippen LogP contribution in [0.4, 0.5) is 0 Å². The first-order valence-electron chi connectivity index (χ1n) is 21.9. The van der Waals surface area contributed by atoms with Gasteiger partial charge in [0.05, 0.1) is 0 Å². The van der Waals surface area contributed by atoms with E-state index in [2.05, 4.69) is 166 Å². The standard InChI is InChI=1S/C55H72/c1-11-41(7)49-24-18-16-21-44(49)32-36-53-51(34-30-42-28-26-40(6)27-29-42)47(12-2)50(35-31-43-20-14-15-23-46(43)38-39(4)5)48(13-3)52(53)37-33-45-22-17-19-25-54(45)55(8,9)10/h14-29,39,41H,11-13,30-38H2,1-10H3. The van der Waals surface area contributed by atoms with E-state index in [0.717, 1.165) is 70.6 Å². The predicted octanol–water partition coefficient (Wildman–Crippen LogP) is 14.3. The fraction of sp³-hybridized carbons (Fsp3) is 0.455. The van der Waals surface area contributed by atoms with Gasteiger partial charge >= 0.3 is 0 Å². The van der Waals surface area contributed by atoms with Crippen LogP contribution in [-0.2, 0) is 76.0 Å². The summed E-state index contributed by atoms with van der Waals surface area (Å²) >= 11 is 0. The van der Waals surface area contributed by atoms with Crippen LogP contribution in [0.2, 0.25) is 0 Å². The minimum atomic E-state index is 0.118. The van der Waals surface area contributed by atoms with E-state index in [1.165, 1.54) is 50.9 Å². The van der Waals surface area contributed by atoms with Crippen molar-refractivity contribution < 1.29 is 0 Å². The van der Waals surface area contributed by atoms with Gasteiger partial charge in [-0.1, -0.05) is 165 Å². The van der Waals surface area contributed by atoms with Gasteiger partial charge in [0.2, 0.25) is 0 Å². The molecule has 0 bridgehead atoms. The molecule has 0 radical (unpaired) electrons. The summed E-state index contributed by atoms with van der Waals surface area (Å²) in [4.78, 5) is 0. The van der Waals surface area contributed by atoms with Crippen LogP contribution >= 0.6 is 0 Å². The van der Waals surface area contributed by atoms with Gasteiger partial charge in [-0.05, 0) is 174 Å². The maximum absolute atomic E-state index is 2.44. The minimum Gasteiger partial charge on any atom is -0.0648 e. The Hall–Kier alpha value is -3.90. The molecule has 5 rings (SSSR count). The molecule has 292 valence electrons.